The standard InChI is InChI=1S/C16H22N4O2S/c1-12-11-13(2)20(19-12)15-7-5-14(6-8-15)16(21)17-9-10-18-23(3,4)22/h5-8,11H,9-10H2,1-4H3,(H,17,21). The number of nitrogens with zero attached hydrogens (tertiary/aromatic N) is 3. The van der Waals surface area contributed by atoms with Gasteiger partial charge in [0.25, 0.3) is 5.91 Å². The van der Waals surface area contributed by atoms with Crippen LogP contribution in [0.4, 0.5) is 0 Å². The molecule has 0 aliphatic carbocycles. The Bertz CT molecular complexity index is 807. The van der Waals surface area contributed by atoms with Crippen molar-refractivity contribution in [3.63, 3.8) is 0 Å². The van der Waals surface area contributed by atoms with Crippen LogP contribution >= 0.6 is 0 Å². The van der Waals surface area contributed by atoms with Gasteiger partial charge in [0.05, 0.1) is 17.9 Å². The van der Waals surface area contributed by atoms with Gasteiger partial charge in [-0.15, -0.1) is 0 Å². The Morgan fingerprint density at radius 3 is 2.43 bits per heavy atom. The van der Waals surface area contributed by atoms with E-state index in [0.29, 0.717) is 18.7 Å². The SMILES string of the molecule is Cc1cc(C)n(-c2ccc(C(=O)NCCN=S(C)(C)=O)cc2)n1. The third-order valence-corrected chi connectivity index (χ3v) is 3.99. The summed E-state index contributed by atoms with van der Waals surface area (Å²) in [5.41, 5.74) is 3.49. The number of carbonyl (C=O) groups excluding carboxylic acids is 1. The lowest BCUT2D eigenvalue weighted by Gasteiger charge is -2.07. The van der Waals surface area contributed by atoms with Crippen LogP contribution in [-0.4, -0.2) is 45.5 Å². The predicted molar refractivity (Wildman–Crippen MR) is 92.7 cm³/mol. The van der Waals surface area contributed by atoms with Gasteiger partial charge in [-0.05, 0) is 44.2 Å². The van der Waals surface area contributed by atoms with Crippen LogP contribution < -0.4 is 5.32 Å². The largest absolute Gasteiger partial charge is 0.350 e. The molecule has 1 amide bonds. The highest BCUT2D eigenvalue weighted by Gasteiger charge is 2.07. The summed E-state index contributed by atoms with van der Waals surface area (Å²) in [6.45, 7) is 4.66. The van der Waals surface area contributed by atoms with Gasteiger partial charge in [0.15, 0.2) is 0 Å². The quantitative estimate of drug-likeness (QED) is 0.849. The molecule has 0 radical (unpaired) electrons. The number of carbonyl (C=O) groups is 1. The molecular weight excluding hydrogens is 312 g/mol. The van der Waals surface area contributed by atoms with E-state index in [-0.39, 0.29) is 5.91 Å². The van der Waals surface area contributed by atoms with Gasteiger partial charge in [-0.1, -0.05) is 0 Å². The van der Waals surface area contributed by atoms with E-state index in [1.807, 2.05) is 36.7 Å². The second-order valence-corrected chi connectivity index (χ2v) is 8.30. The molecule has 0 unspecified atom stereocenters. The number of hydrogen-bond acceptors (Lipinski definition) is 4. The highest BCUT2D eigenvalue weighted by molar-refractivity contribution is 7.92. The number of rotatable bonds is 5. The molecule has 0 saturated heterocycles. The van der Waals surface area contributed by atoms with Crippen molar-refractivity contribution in [1.29, 1.82) is 0 Å². The second-order valence-electron chi connectivity index (χ2n) is 5.68. The first-order chi connectivity index (χ1) is 10.8. The Kier molecular flexibility index (Phi) is 5.20. The molecule has 0 fully saturated rings. The van der Waals surface area contributed by atoms with Gasteiger partial charge in [0.1, 0.15) is 0 Å². The van der Waals surface area contributed by atoms with E-state index in [9.17, 15) is 9.00 Å². The van der Waals surface area contributed by atoms with Crippen molar-refractivity contribution in [2.45, 2.75) is 13.8 Å². The van der Waals surface area contributed by atoms with Crippen LogP contribution in [0.5, 0.6) is 0 Å². The number of amides is 1. The zero-order valence-corrected chi connectivity index (χ0v) is 14.7. The minimum absolute atomic E-state index is 0.168. The summed E-state index contributed by atoms with van der Waals surface area (Å²) in [4.78, 5) is 12.0. The van der Waals surface area contributed by atoms with Crippen LogP contribution in [0.1, 0.15) is 21.7 Å². The molecule has 0 bridgehead atoms. The molecule has 0 aliphatic heterocycles. The van der Waals surface area contributed by atoms with Gasteiger partial charge in [-0.25, -0.2) is 9.04 Å². The van der Waals surface area contributed by atoms with Crippen LogP contribution in [-0.2, 0) is 9.73 Å². The molecule has 23 heavy (non-hydrogen) atoms. The van der Waals surface area contributed by atoms with Crippen molar-refractivity contribution in [3.8, 4) is 5.69 Å². The molecule has 0 spiro atoms. The van der Waals surface area contributed by atoms with E-state index in [2.05, 4.69) is 14.8 Å². The van der Waals surface area contributed by atoms with Crippen LogP contribution in [0.2, 0.25) is 0 Å². The Morgan fingerprint density at radius 1 is 1.26 bits per heavy atom. The van der Waals surface area contributed by atoms with E-state index in [1.54, 1.807) is 24.6 Å². The van der Waals surface area contributed by atoms with E-state index >= 15 is 0 Å². The van der Waals surface area contributed by atoms with Crippen molar-refractivity contribution in [2.24, 2.45) is 4.36 Å². The molecule has 1 heterocycles. The molecule has 0 saturated carbocycles. The van der Waals surface area contributed by atoms with E-state index in [4.69, 9.17) is 0 Å². The Hall–Kier alpha value is -2.15. The van der Waals surface area contributed by atoms with Gasteiger partial charge < -0.3 is 5.32 Å². The molecule has 7 heteroatoms. The molecule has 2 aromatic rings. The molecule has 0 atom stereocenters. The second kappa shape index (κ2) is 6.95. The summed E-state index contributed by atoms with van der Waals surface area (Å²) in [6, 6.07) is 9.26. The average molecular weight is 334 g/mol. The molecule has 6 nitrogen and oxygen atoms in total. The normalized spacial score (nSPS) is 11.3. The summed E-state index contributed by atoms with van der Waals surface area (Å²) >= 11 is 0. The number of aromatic nitrogens is 2. The zero-order chi connectivity index (χ0) is 17.0. The summed E-state index contributed by atoms with van der Waals surface area (Å²) in [7, 11) is -2.11. The third-order valence-electron chi connectivity index (χ3n) is 3.18. The third kappa shape index (κ3) is 4.92. The average Bonchev–Trinajstić information content (AvgIpc) is 2.81. The molecule has 1 N–H and O–H groups in total. The van der Waals surface area contributed by atoms with Crippen LogP contribution in [0.3, 0.4) is 0 Å². The van der Waals surface area contributed by atoms with Crippen molar-refractivity contribution >= 4 is 15.6 Å². The van der Waals surface area contributed by atoms with Crippen LogP contribution in [0, 0.1) is 13.8 Å². The monoisotopic (exact) mass is 334 g/mol. The first kappa shape index (κ1) is 17.2. The highest BCUT2D eigenvalue weighted by atomic mass is 32.2. The Labute approximate surface area is 137 Å². The van der Waals surface area contributed by atoms with Crippen molar-refractivity contribution in [1.82, 2.24) is 15.1 Å². The van der Waals surface area contributed by atoms with Crippen molar-refractivity contribution in [2.75, 3.05) is 25.6 Å². The number of aryl methyl sites for hydroxylation is 2. The summed E-state index contributed by atoms with van der Waals surface area (Å²) in [6.07, 6.45) is 3.15. The summed E-state index contributed by atoms with van der Waals surface area (Å²) < 4.78 is 17.2. The van der Waals surface area contributed by atoms with Crippen LogP contribution in [0.25, 0.3) is 5.69 Å². The fourth-order valence-electron chi connectivity index (χ4n) is 2.18. The Balaban J connectivity index is 2.00. The van der Waals surface area contributed by atoms with E-state index in [1.165, 1.54) is 0 Å². The van der Waals surface area contributed by atoms with E-state index < -0.39 is 9.73 Å². The van der Waals surface area contributed by atoms with Gasteiger partial charge >= 0.3 is 0 Å². The highest BCUT2D eigenvalue weighted by Crippen LogP contribution is 2.13. The maximum absolute atomic E-state index is 12.0. The molecular formula is C16H22N4O2S. The summed E-state index contributed by atoms with van der Waals surface area (Å²) in [5, 5.41) is 7.18. The molecule has 2 rings (SSSR count). The zero-order valence-electron chi connectivity index (χ0n) is 13.9. The van der Waals surface area contributed by atoms with Crippen molar-refractivity contribution < 1.29 is 9.00 Å². The fourth-order valence-corrected chi connectivity index (χ4v) is 2.71. The number of benzene rings is 1. The number of hydrogen-bond donors (Lipinski definition) is 1. The topological polar surface area (TPSA) is 76.3 Å². The van der Waals surface area contributed by atoms with Gasteiger partial charge in [0.2, 0.25) is 0 Å². The fraction of sp³-hybridized carbons (Fsp3) is 0.375. The summed E-state index contributed by atoms with van der Waals surface area (Å²) in [5.74, 6) is -0.168. The molecule has 124 valence electrons. The maximum Gasteiger partial charge on any atom is 0.251 e. The van der Waals surface area contributed by atoms with Crippen molar-refractivity contribution in [3.05, 3.63) is 47.3 Å². The molecule has 1 aromatic carbocycles. The van der Waals surface area contributed by atoms with Crippen LogP contribution in [0.15, 0.2) is 34.7 Å². The lowest BCUT2D eigenvalue weighted by molar-refractivity contribution is 0.0955. The number of nitrogens with one attached hydrogen (secondary N) is 1. The lowest BCUT2D eigenvalue weighted by Crippen LogP contribution is -2.26. The predicted octanol–water partition coefficient (Wildman–Crippen LogP) is 1.95. The minimum Gasteiger partial charge on any atom is -0.350 e. The lowest BCUT2D eigenvalue weighted by atomic mass is 10.2. The Morgan fingerprint density at radius 2 is 1.91 bits per heavy atom. The first-order valence-corrected chi connectivity index (χ1v) is 9.64. The molecule has 0 aliphatic rings. The first-order valence-electron chi connectivity index (χ1n) is 7.31. The minimum atomic E-state index is -2.11. The maximum atomic E-state index is 12.0. The molecule has 1 aromatic heterocycles. The van der Waals surface area contributed by atoms with Gasteiger partial charge in [-0.3, -0.25) is 9.00 Å². The van der Waals surface area contributed by atoms with Gasteiger partial charge in [-0.2, -0.15) is 5.10 Å². The smallest absolute Gasteiger partial charge is 0.251 e. The van der Waals surface area contributed by atoms with E-state index in [0.717, 1.165) is 17.1 Å². The van der Waals surface area contributed by atoms with Gasteiger partial charge in [0, 0.05) is 40.0 Å².